The fourth-order valence-electron chi connectivity index (χ4n) is 2.08. The highest BCUT2D eigenvalue weighted by atomic mass is 16.3. The summed E-state index contributed by atoms with van der Waals surface area (Å²) in [5, 5.41) is 16.7. The van der Waals surface area contributed by atoms with E-state index in [0.29, 0.717) is 5.92 Å². The molecule has 0 radical (unpaired) electrons. The molecule has 1 amide bonds. The first kappa shape index (κ1) is 11.8. The van der Waals surface area contributed by atoms with Crippen molar-refractivity contribution in [3.05, 3.63) is 17.8 Å². The van der Waals surface area contributed by atoms with Crippen LogP contribution in [0.15, 0.2) is 12.1 Å². The average molecular weight is 236 g/mol. The zero-order valence-electron chi connectivity index (χ0n) is 9.54. The van der Waals surface area contributed by atoms with Gasteiger partial charge in [0.15, 0.2) is 11.5 Å². The molecule has 0 bridgehead atoms. The second kappa shape index (κ2) is 5.09. The SMILES string of the molecule is NC(=O)c1ccc(N2CCC(CCO)C2)nn1. The van der Waals surface area contributed by atoms with Gasteiger partial charge in [-0.15, -0.1) is 10.2 Å². The number of anilines is 1. The summed E-state index contributed by atoms with van der Waals surface area (Å²) in [5.74, 6) is 0.705. The van der Waals surface area contributed by atoms with Crippen LogP contribution in [-0.2, 0) is 0 Å². The molecule has 1 unspecified atom stereocenters. The van der Waals surface area contributed by atoms with Crippen molar-refractivity contribution in [3.8, 4) is 0 Å². The van der Waals surface area contributed by atoms with Gasteiger partial charge in [0, 0.05) is 19.7 Å². The Morgan fingerprint density at radius 1 is 1.53 bits per heavy atom. The zero-order valence-corrected chi connectivity index (χ0v) is 9.54. The largest absolute Gasteiger partial charge is 0.396 e. The summed E-state index contributed by atoms with van der Waals surface area (Å²) in [7, 11) is 0. The first-order valence-corrected chi connectivity index (χ1v) is 5.70. The number of aromatic nitrogens is 2. The highest BCUT2D eigenvalue weighted by molar-refractivity contribution is 5.90. The third-order valence-electron chi connectivity index (χ3n) is 3.05. The van der Waals surface area contributed by atoms with Gasteiger partial charge in [0.1, 0.15) is 0 Å². The summed E-state index contributed by atoms with van der Waals surface area (Å²) >= 11 is 0. The van der Waals surface area contributed by atoms with Crippen LogP contribution >= 0.6 is 0 Å². The monoisotopic (exact) mass is 236 g/mol. The first-order chi connectivity index (χ1) is 8.20. The topological polar surface area (TPSA) is 92.3 Å². The van der Waals surface area contributed by atoms with Gasteiger partial charge >= 0.3 is 0 Å². The molecule has 17 heavy (non-hydrogen) atoms. The Hall–Kier alpha value is -1.69. The molecule has 92 valence electrons. The van der Waals surface area contributed by atoms with Gasteiger partial charge in [0.05, 0.1) is 0 Å². The molecule has 0 spiro atoms. The van der Waals surface area contributed by atoms with Gasteiger partial charge in [-0.2, -0.15) is 0 Å². The van der Waals surface area contributed by atoms with E-state index in [0.717, 1.165) is 31.7 Å². The number of aliphatic hydroxyl groups excluding tert-OH is 1. The van der Waals surface area contributed by atoms with Crippen LogP contribution in [0.3, 0.4) is 0 Å². The number of nitrogens with zero attached hydrogens (tertiary/aromatic N) is 3. The minimum Gasteiger partial charge on any atom is -0.396 e. The van der Waals surface area contributed by atoms with Crippen molar-refractivity contribution >= 4 is 11.7 Å². The summed E-state index contributed by atoms with van der Waals surface area (Å²) in [6.07, 6.45) is 1.88. The molecular formula is C11H16N4O2. The molecule has 6 nitrogen and oxygen atoms in total. The van der Waals surface area contributed by atoms with E-state index in [4.69, 9.17) is 10.8 Å². The van der Waals surface area contributed by atoms with Gasteiger partial charge in [0.2, 0.25) is 0 Å². The van der Waals surface area contributed by atoms with E-state index in [-0.39, 0.29) is 12.3 Å². The fraction of sp³-hybridized carbons (Fsp3) is 0.545. The van der Waals surface area contributed by atoms with Crippen LogP contribution in [0.25, 0.3) is 0 Å². The lowest BCUT2D eigenvalue weighted by atomic mass is 10.1. The van der Waals surface area contributed by atoms with E-state index < -0.39 is 5.91 Å². The minimum absolute atomic E-state index is 0.180. The van der Waals surface area contributed by atoms with Crippen molar-refractivity contribution in [2.24, 2.45) is 11.7 Å². The molecule has 1 aromatic rings. The van der Waals surface area contributed by atoms with Crippen molar-refractivity contribution in [1.29, 1.82) is 0 Å². The number of aliphatic hydroxyl groups is 1. The van der Waals surface area contributed by atoms with Crippen molar-refractivity contribution in [3.63, 3.8) is 0 Å². The maximum Gasteiger partial charge on any atom is 0.269 e. The van der Waals surface area contributed by atoms with Gasteiger partial charge in [-0.25, -0.2) is 0 Å². The van der Waals surface area contributed by atoms with Crippen LogP contribution in [0, 0.1) is 5.92 Å². The number of carbonyl (C=O) groups is 1. The van der Waals surface area contributed by atoms with E-state index in [1.54, 1.807) is 12.1 Å². The Morgan fingerprint density at radius 3 is 2.94 bits per heavy atom. The molecule has 0 saturated carbocycles. The van der Waals surface area contributed by atoms with Gasteiger partial charge in [-0.1, -0.05) is 0 Å². The lowest BCUT2D eigenvalue weighted by Gasteiger charge is -2.16. The number of primary amides is 1. The average Bonchev–Trinajstić information content (AvgIpc) is 2.78. The fourth-order valence-corrected chi connectivity index (χ4v) is 2.08. The Morgan fingerprint density at radius 2 is 2.35 bits per heavy atom. The van der Waals surface area contributed by atoms with Crippen LogP contribution in [0.2, 0.25) is 0 Å². The lowest BCUT2D eigenvalue weighted by molar-refractivity contribution is 0.0994. The van der Waals surface area contributed by atoms with E-state index in [1.807, 2.05) is 0 Å². The molecule has 1 saturated heterocycles. The summed E-state index contributed by atoms with van der Waals surface area (Å²) in [5.41, 5.74) is 5.28. The number of hydrogen-bond donors (Lipinski definition) is 2. The zero-order chi connectivity index (χ0) is 12.3. The van der Waals surface area contributed by atoms with E-state index >= 15 is 0 Å². The van der Waals surface area contributed by atoms with E-state index in [2.05, 4.69) is 15.1 Å². The molecule has 1 fully saturated rings. The molecule has 2 heterocycles. The Bertz CT molecular complexity index is 393. The molecule has 1 aliphatic heterocycles. The highest BCUT2D eigenvalue weighted by Crippen LogP contribution is 2.23. The first-order valence-electron chi connectivity index (χ1n) is 5.70. The van der Waals surface area contributed by atoms with E-state index in [9.17, 15) is 4.79 Å². The predicted molar refractivity (Wildman–Crippen MR) is 62.6 cm³/mol. The Balaban J connectivity index is 2.01. The van der Waals surface area contributed by atoms with Gasteiger partial charge < -0.3 is 15.7 Å². The summed E-state index contributed by atoms with van der Waals surface area (Å²) in [6.45, 7) is 2.02. The van der Waals surface area contributed by atoms with Crippen molar-refractivity contribution < 1.29 is 9.90 Å². The van der Waals surface area contributed by atoms with Crippen LogP contribution < -0.4 is 10.6 Å². The van der Waals surface area contributed by atoms with Crippen LogP contribution in [0.1, 0.15) is 23.3 Å². The highest BCUT2D eigenvalue weighted by Gasteiger charge is 2.23. The van der Waals surface area contributed by atoms with Crippen LogP contribution in [0.4, 0.5) is 5.82 Å². The van der Waals surface area contributed by atoms with Gasteiger partial charge in [-0.3, -0.25) is 4.79 Å². The quantitative estimate of drug-likeness (QED) is 0.754. The van der Waals surface area contributed by atoms with Crippen LogP contribution in [0.5, 0.6) is 0 Å². The molecule has 3 N–H and O–H groups in total. The number of carbonyl (C=O) groups excluding carboxylic acids is 1. The van der Waals surface area contributed by atoms with Crippen molar-refractivity contribution in [2.75, 3.05) is 24.6 Å². The second-order valence-electron chi connectivity index (χ2n) is 4.25. The number of nitrogens with two attached hydrogens (primary N) is 1. The molecule has 6 heteroatoms. The third kappa shape index (κ3) is 2.71. The van der Waals surface area contributed by atoms with Crippen molar-refractivity contribution in [1.82, 2.24) is 10.2 Å². The van der Waals surface area contributed by atoms with Crippen LogP contribution in [-0.4, -0.2) is 40.9 Å². The number of amides is 1. The van der Waals surface area contributed by atoms with Gasteiger partial charge in [0.25, 0.3) is 5.91 Å². The molecular weight excluding hydrogens is 220 g/mol. The summed E-state index contributed by atoms with van der Waals surface area (Å²) in [6, 6.07) is 3.35. The molecule has 0 aliphatic carbocycles. The lowest BCUT2D eigenvalue weighted by Crippen LogP contribution is -2.22. The minimum atomic E-state index is -0.566. The van der Waals surface area contributed by atoms with Gasteiger partial charge in [-0.05, 0) is 30.9 Å². The summed E-state index contributed by atoms with van der Waals surface area (Å²) < 4.78 is 0. The molecule has 1 aromatic heterocycles. The third-order valence-corrected chi connectivity index (χ3v) is 3.05. The molecule has 1 atom stereocenters. The molecule has 0 aromatic carbocycles. The molecule has 2 rings (SSSR count). The Labute approximate surface area is 99.4 Å². The standard InChI is InChI=1S/C11H16N4O2/c12-11(17)9-1-2-10(14-13-9)15-5-3-8(7-15)4-6-16/h1-2,8,16H,3-7H2,(H2,12,17). The maximum atomic E-state index is 10.8. The van der Waals surface area contributed by atoms with E-state index in [1.165, 1.54) is 0 Å². The Kier molecular flexibility index (Phi) is 3.53. The summed E-state index contributed by atoms with van der Waals surface area (Å²) in [4.78, 5) is 13.0. The predicted octanol–water partition coefficient (Wildman–Crippen LogP) is -0.216. The maximum absolute atomic E-state index is 10.8. The normalized spacial score (nSPS) is 19.6. The van der Waals surface area contributed by atoms with Crippen molar-refractivity contribution in [2.45, 2.75) is 12.8 Å². The number of rotatable bonds is 4. The molecule has 1 aliphatic rings. The second-order valence-corrected chi connectivity index (χ2v) is 4.25. The smallest absolute Gasteiger partial charge is 0.269 e. The number of hydrogen-bond acceptors (Lipinski definition) is 5.